The van der Waals surface area contributed by atoms with E-state index >= 15 is 0 Å². The van der Waals surface area contributed by atoms with Crippen LogP contribution in [0.1, 0.15) is 27.6 Å². The summed E-state index contributed by atoms with van der Waals surface area (Å²) >= 11 is 5.92. The number of benzene rings is 3. The zero-order valence-corrected chi connectivity index (χ0v) is 16.6. The maximum atomic E-state index is 12.5. The van der Waals surface area contributed by atoms with Crippen LogP contribution in [0.15, 0.2) is 72.8 Å². The first kappa shape index (κ1) is 21.0. The lowest BCUT2D eigenvalue weighted by Gasteiger charge is -2.14. The number of ketones is 1. The quantitative estimate of drug-likeness (QED) is 0.321. The van der Waals surface area contributed by atoms with Crippen LogP contribution in [0.3, 0.4) is 0 Å². The number of hydrogen-bond donors (Lipinski definition) is 1. The van der Waals surface area contributed by atoms with Gasteiger partial charge in [0.1, 0.15) is 5.75 Å². The highest BCUT2D eigenvalue weighted by molar-refractivity contribution is 6.31. The summed E-state index contributed by atoms with van der Waals surface area (Å²) in [5.74, 6) is -0.233. The zero-order valence-electron chi connectivity index (χ0n) is 15.9. The van der Waals surface area contributed by atoms with Crippen molar-refractivity contribution < 1.29 is 19.2 Å². The molecule has 0 bridgehead atoms. The van der Waals surface area contributed by atoms with Crippen molar-refractivity contribution in [3.8, 4) is 5.75 Å². The van der Waals surface area contributed by atoms with Crippen molar-refractivity contribution in [3.05, 3.63) is 99.1 Å². The van der Waals surface area contributed by atoms with Crippen molar-refractivity contribution in [3.63, 3.8) is 0 Å². The number of anilines is 1. The molecule has 0 radical (unpaired) electrons. The van der Waals surface area contributed by atoms with Gasteiger partial charge < -0.3 is 10.1 Å². The second-order valence-electron chi connectivity index (χ2n) is 6.42. The number of carbonyl (C=O) groups excluding carboxylic acids is 2. The third-order valence-electron chi connectivity index (χ3n) is 4.22. The summed E-state index contributed by atoms with van der Waals surface area (Å²) in [5.41, 5.74) is 0.943. The Bertz CT molecular complexity index is 1100. The lowest BCUT2D eigenvalue weighted by atomic mass is 10.1. The molecule has 0 aliphatic rings. The molecule has 0 heterocycles. The van der Waals surface area contributed by atoms with E-state index in [4.69, 9.17) is 16.3 Å². The van der Waals surface area contributed by atoms with Crippen LogP contribution in [0.5, 0.6) is 5.75 Å². The summed E-state index contributed by atoms with van der Waals surface area (Å²) in [6, 6.07) is 18.5. The minimum Gasteiger partial charge on any atom is -0.483 e. The molecule has 8 heteroatoms. The topological polar surface area (TPSA) is 98.5 Å². The molecule has 0 aromatic heterocycles. The lowest BCUT2D eigenvalue weighted by Crippen LogP contribution is -2.23. The summed E-state index contributed by atoms with van der Waals surface area (Å²) < 4.78 is 5.68. The molecule has 3 aromatic carbocycles. The molecule has 0 aliphatic carbocycles. The Morgan fingerprint density at radius 3 is 2.33 bits per heavy atom. The van der Waals surface area contributed by atoms with Gasteiger partial charge in [0.05, 0.1) is 4.92 Å². The van der Waals surface area contributed by atoms with Crippen molar-refractivity contribution in [1.82, 2.24) is 0 Å². The zero-order chi connectivity index (χ0) is 21.7. The minimum absolute atomic E-state index is 0.162. The van der Waals surface area contributed by atoms with E-state index in [-0.39, 0.29) is 17.0 Å². The van der Waals surface area contributed by atoms with Crippen LogP contribution < -0.4 is 10.1 Å². The van der Waals surface area contributed by atoms with Gasteiger partial charge in [-0.1, -0.05) is 29.8 Å². The first-order valence-corrected chi connectivity index (χ1v) is 9.33. The largest absolute Gasteiger partial charge is 0.483 e. The molecule has 0 aliphatic heterocycles. The van der Waals surface area contributed by atoms with E-state index in [2.05, 4.69) is 5.32 Å². The van der Waals surface area contributed by atoms with E-state index in [1.165, 1.54) is 24.3 Å². The van der Waals surface area contributed by atoms with Crippen LogP contribution in [0, 0.1) is 10.1 Å². The number of hydrogen-bond acceptors (Lipinski definition) is 5. The summed E-state index contributed by atoms with van der Waals surface area (Å²) in [6.45, 7) is 1.64. The number of Topliss-reactive ketones (excluding diaryl/α,β-unsaturated/α-hetero) is 1. The van der Waals surface area contributed by atoms with E-state index in [0.29, 0.717) is 22.0 Å². The lowest BCUT2D eigenvalue weighted by molar-refractivity contribution is -0.384. The standard InChI is InChI=1S/C22H17ClN2O5/c1-14(21(26)15-4-2-6-17(23)12-15)30-20-10-8-18(9-11-20)24-22(27)16-5-3-7-19(13-16)25(28)29/h2-14H,1H3,(H,24,27). The van der Waals surface area contributed by atoms with Crippen LogP contribution in [0.25, 0.3) is 0 Å². The molecule has 1 amide bonds. The van der Waals surface area contributed by atoms with Crippen LogP contribution in [0.2, 0.25) is 5.02 Å². The summed E-state index contributed by atoms with van der Waals surface area (Å²) in [6.07, 6.45) is -0.728. The SMILES string of the molecule is CC(Oc1ccc(NC(=O)c2cccc([N+](=O)[O-])c2)cc1)C(=O)c1cccc(Cl)c1. The van der Waals surface area contributed by atoms with Gasteiger partial charge in [0.2, 0.25) is 5.78 Å². The fourth-order valence-electron chi connectivity index (χ4n) is 2.71. The molecule has 1 unspecified atom stereocenters. The van der Waals surface area contributed by atoms with Gasteiger partial charge >= 0.3 is 0 Å². The fraction of sp³-hybridized carbons (Fsp3) is 0.0909. The Morgan fingerprint density at radius 2 is 1.67 bits per heavy atom. The molecule has 7 nitrogen and oxygen atoms in total. The van der Waals surface area contributed by atoms with E-state index in [1.807, 2.05) is 0 Å². The average Bonchev–Trinajstić information content (AvgIpc) is 2.74. The highest BCUT2D eigenvalue weighted by Gasteiger charge is 2.17. The number of nitro groups is 1. The Kier molecular flexibility index (Phi) is 6.44. The smallest absolute Gasteiger partial charge is 0.270 e. The van der Waals surface area contributed by atoms with E-state index in [1.54, 1.807) is 55.5 Å². The molecule has 1 atom stereocenters. The van der Waals surface area contributed by atoms with Crippen molar-refractivity contribution in [2.24, 2.45) is 0 Å². The average molecular weight is 425 g/mol. The van der Waals surface area contributed by atoms with Gasteiger partial charge in [0.15, 0.2) is 6.10 Å². The first-order valence-electron chi connectivity index (χ1n) is 8.96. The van der Waals surface area contributed by atoms with E-state index in [0.717, 1.165) is 0 Å². The number of nitrogens with one attached hydrogen (secondary N) is 1. The number of ether oxygens (including phenoxy) is 1. The normalized spacial score (nSPS) is 11.4. The molecule has 0 saturated heterocycles. The van der Waals surface area contributed by atoms with Crippen LogP contribution >= 0.6 is 11.6 Å². The second kappa shape index (κ2) is 9.19. The Labute approximate surface area is 177 Å². The number of nitrogens with zero attached hydrogens (tertiary/aromatic N) is 1. The molecule has 30 heavy (non-hydrogen) atoms. The molecule has 0 saturated carbocycles. The summed E-state index contributed by atoms with van der Waals surface area (Å²) in [7, 11) is 0. The number of rotatable bonds is 7. The molecular formula is C22H17ClN2O5. The van der Waals surface area contributed by atoms with Crippen molar-refractivity contribution >= 4 is 34.7 Å². The number of nitro benzene ring substituents is 1. The highest BCUT2D eigenvalue weighted by atomic mass is 35.5. The number of non-ortho nitro benzene ring substituents is 1. The van der Waals surface area contributed by atoms with E-state index < -0.39 is 16.9 Å². The van der Waals surface area contributed by atoms with Gasteiger partial charge in [0, 0.05) is 34.0 Å². The van der Waals surface area contributed by atoms with E-state index in [9.17, 15) is 19.7 Å². The van der Waals surface area contributed by atoms with Crippen molar-refractivity contribution in [1.29, 1.82) is 0 Å². The van der Waals surface area contributed by atoms with Gasteiger partial charge in [-0.2, -0.15) is 0 Å². The molecule has 152 valence electrons. The second-order valence-corrected chi connectivity index (χ2v) is 6.86. The molecule has 3 rings (SSSR count). The maximum absolute atomic E-state index is 12.5. The van der Waals surface area contributed by atoms with Gasteiger partial charge in [0.25, 0.3) is 11.6 Å². The highest BCUT2D eigenvalue weighted by Crippen LogP contribution is 2.20. The first-order chi connectivity index (χ1) is 14.3. The number of amides is 1. The van der Waals surface area contributed by atoms with Gasteiger partial charge in [-0.05, 0) is 49.4 Å². The van der Waals surface area contributed by atoms with Crippen molar-refractivity contribution in [2.75, 3.05) is 5.32 Å². The maximum Gasteiger partial charge on any atom is 0.270 e. The van der Waals surface area contributed by atoms with Crippen LogP contribution in [-0.2, 0) is 0 Å². The summed E-state index contributed by atoms with van der Waals surface area (Å²) in [4.78, 5) is 35.0. The van der Waals surface area contributed by atoms with Crippen molar-refractivity contribution in [2.45, 2.75) is 13.0 Å². The molecular weight excluding hydrogens is 408 g/mol. The molecule has 0 fully saturated rings. The number of halogens is 1. The van der Waals surface area contributed by atoms with Crippen LogP contribution in [-0.4, -0.2) is 22.7 Å². The van der Waals surface area contributed by atoms with Gasteiger partial charge in [-0.15, -0.1) is 0 Å². The fourth-order valence-corrected chi connectivity index (χ4v) is 2.91. The molecule has 1 N–H and O–H groups in total. The predicted molar refractivity (Wildman–Crippen MR) is 113 cm³/mol. The Hall–Kier alpha value is -3.71. The third kappa shape index (κ3) is 5.21. The number of carbonyl (C=O) groups is 2. The summed E-state index contributed by atoms with van der Waals surface area (Å²) in [5, 5.41) is 14.0. The Morgan fingerprint density at radius 1 is 1.00 bits per heavy atom. The minimum atomic E-state index is -0.728. The van der Waals surface area contributed by atoms with Gasteiger partial charge in [-0.3, -0.25) is 19.7 Å². The van der Waals surface area contributed by atoms with Crippen LogP contribution in [0.4, 0.5) is 11.4 Å². The molecule has 0 spiro atoms. The van der Waals surface area contributed by atoms with Gasteiger partial charge in [-0.25, -0.2) is 0 Å². The third-order valence-corrected chi connectivity index (χ3v) is 4.46. The predicted octanol–water partition coefficient (Wildman–Crippen LogP) is 5.15. The molecule has 3 aromatic rings. The Balaban J connectivity index is 1.63. The monoisotopic (exact) mass is 424 g/mol.